The van der Waals surface area contributed by atoms with E-state index in [4.69, 9.17) is 16.3 Å². The normalized spacial score (nSPS) is 11.2. The van der Waals surface area contributed by atoms with Gasteiger partial charge in [0, 0.05) is 16.3 Å². The first kappa shape index (κ1) is 20.8. The van der Waals surface area contributed by atoms with Gasteiger partial charge in [-0.15, -0.1) is 0 Å². The van der Waals surface area contributed by atoms with Gasteiger partial charge in [-0.25, -0.2) is 4.68 Å². The fourth-order valence-electron chi connectivity index (χ4n) is 2.75. The minimum absolute atomic E-state index is 0.00663. The van der Waals surface area contributed by atoms with E-state index in [1.54, 1.807) is 38.1 Å². The molecule has 2 aromatic carbocycles. The molecule has 0 bridgehead atoms. The van der Waals surface area contributed by atoms with Crippen LogP contribution in [0.2, 0.25) is 5.02 Å². The van der Waals surface area contributed by atoms with Crippen molar-refractivity contribution in [1.82, 2.24) is 9.78 Å². The monoisotopic (exact) mass is 469 g/mol. The number of halogens is 2. The molecule has 0 saturated carbocycles. The lowest BCUT2D eigenvalue weighted by Gasteiger charge is -2.10. The van der Waals surface area contributed by atoms with Crippen LogP contribution in [0.25, 0.3) is 6.08 Å². The number of carbonyl (C=O) groups is 1. The van der Waals surface area contributed by atoms with Crippen molar-refractivity contribution in [2.45, 2.75) is 20.5 Å². The highest BCUT2D eigenvalue weighted by molar-refractivity contribution is 9.10. The van der Waals surface area contributed by atoms with Gasteiger partial charge in [0.15, 0.2) is 0 Å². The summed E-state index contributed by atoms with van der Waals surface area (Å²) in [4.78, 5) is 12.6. The van der Waals surface area contributed by atoms with Gasteiger partial charge in [-0.3, -0.25) is 4.79 Å². The van der Waals surface area contributed by atoms with E-state index < -0.39 is 5.91 Å². The Kier molecular flexibility index (Phi) is 6.53. The molecule has 7 heteroatoms. The molecule has 0 amide bonds. The van der Waals surface area contributed by atoms with Crippen molar-refractivity contribution in [2.24, 2.45) is 0 Å². The number of hydrogen-bond acceptors (Lipinski definition) is 4. The van der Waals surface area contributed by atoms with Crippen LogP contribution in [0.1, 0.15) is 27.3 Å². The number of allylic oxidation sites excluding steroid dienone is 1. The van der Waals surface area contributed by atoms with E-state index in [2.05, 4.69) is 21.0 Å². The van der Waals surface area contributed by atoms with Gasteiger partial charge in [-0.1, -0.05) is 35.9 Å². The van der Waals surface area contributed by atoms with Crippen LogP contribution in [0.3, 0.4) is 0 Å². The van der Waals surface area contributed by atoms with Crippen molar-refractivity contribution in [1.29, 1.82) is 5.26 Å². The van der Waals surface area contributed by atoms with Gasteiger partial charge < -0.3 is 4.74 Å². The molecule has 3 aromatic rings. The SMILES string of the molecule is Cc1cc(C)n(C(=O)/C(C#N)=C/c2ccc(OCc3ccccc3Cl)c(Br)c2)n1. The first-order valence-corrected chi connectivity index (χ1v) is 9.91. The van der Waals surface area contributed by atoms with E-state index in [-0.39, 0.29) is 5.57 Å². The Morgan fingerprint density at radius 3 is 2.66 bits per heavy atom. The number of carbonyl (C=O) groups excluding carboxylic acids is 1. The lowest BCUT2D eigenvalue weighted by atomic mass is 10.1. The molecule has 0 radical (unpaired) electrons. The maximum Gasteiger partial charge on any atom is 0.289 e. The summed E-state index contributed by atoms with van der Waals surface area (Å²) in [5.74, 6) is 0.165. The first-order chi connectivity index (χ1) is 13.9. The molecule has 0 N–H and O–H groups in total. The maximum absolute atomic E-state index is 12.6. The predicted molar refractivity (Wildman–Crippen MR) is 116 cm³/mol. The molecule has 146 valence electrons. The summed E-state index contributed by atoms with van der Waals surface area (Å²) in [6.45, 7) is 3.90. The van der Waals surface area contributed by atoms with Gasteiger partial charge >= 0.3 is 0 Å². The van der Waals surface area contributed by atoms with Crippen molar-refractivity contribution in [3.05, 3.63) is 86.1 Å². The van der Waals surface area contributed by atoms with Crippen LogP contribution in [-0.4, -0.2) is 15.7 Å². The molecule has 0 atom stereocenters. The van der Waals surface area contributed by atoms with Crippen molar-refractivity contribution < 1.29 is 9.53 Å². The van der Waals surface area contributed by atoms with E-state index in [1.807, 2.05) is 30.3 Å². The summed E-state index contributed by atoms with van der Waals surface area (Å²) in [5.41, 5.74) is 2.96. The summed E-state index contributed by atoms with van der Waals surface area (Å²) in [5, 5.41) is 14.2. The van der Waals surface area contributed by atoms with Gasteiger partial charge in [0.05, 0.1) is 10.2 Å². The highest BCUT2D eigenvalue weighted by Crippen LogP contribution is 2.28. The number of aromatic nitrogens is 2. The lowest BCUT2D eigenvalue weighted by molar-refractivity contribution is 0.0943. The number of rotatable bonds is 5. The summed E-state index contributed by atoms with van der Waals surface area (Å²) < 4.78 is 7.77. The van der Waals surface area contributed by atoms with Crippen molar-refractivity contribution in [3.63, 3.8) is 0 Å². The van der Waals surface area contributed by atoms with E-state index in [0.717, 1.165) is 11.3 Å². The largest absolute Gasteiger partial charge is 0.488 e. The Labute approximate surface area is 182 Å². The second-order valence-corrected chi connectivity index (χ2v) is 7.65. The van der Waals surface area contributed by atoms with Gasteiger partial charge in [-0.2, -0.15) is 10.4 Å². The number of nitriles is 1. The molecule has 5 nitrogen and oxygen atoms in total. The Morgan fingerprint density at radius 2 is 2.03 bits per heavy atom. The van der Waals surface area contributed by atoms with Gasteiger partial charge in [0.25, 0.3) is 5.91 Å². The van der Waals surface area contributed by atoms with Crippen LogP contribution in [0.15, 0.2) is 58.6 Å². The quantitative estimate of drug-likeness (QED) is 0.352. The Hall–Kier alpha value is -2.88. The van der Waals surface area contributed by atoms with Gasteiger partial charge in [0.1, 0.15) is 24.0 Å². The fourth-order valence-corrected chi connectivity index (χ4v) is 3.45. The smallest absolute Gasteiger partial charge is 0.289 e. The van der Waals surface area contributed by atoms with Crippen LogP contribution in [-0.2, 0) is 6.61 Å². The van der Waals surface area contributed by atoms with Gasteiger partial charge in [0.2, 0.25) is 0 Å². The fraction of sp³-hybridized carbons (Fsp3) is 0.136. The Balaban J connectivity index is 1.79. The summed E-state index contributed by atoms with van der Waals surface area (Å²) in [6.07, 6.45) is 1.53. The molecule has 0 fully saturated rings. The number of hydrogen-bond donors (Lipinski definition) is 0. The van der Waals surface area contributed by atoms with E-state index in [9.17, 15) is 10.1 Å². The van der Waals surface area contributed by atoms with E-state index in [1.165, 1.54) is 10.8 Å². The molecular weight excluding hydrogens is 454 g/mol. The predicted octanol–water partition coefficient (Wildman–Crippen LogP) is 5.74. The van der Waals surface area contributed by atoms with Crippen molar-refractivity contribution in [3.8, 4) is 11.8 Å². The molecular formula is C22H17BrClN3O2. The molecule has 0 aliphatic heterocycles. The number of benzene rings is 2. The Morgan fingerprint density at radius 1 is 1.28 bits per heavy atom. The van der Waals surface area contributed by atoms with E-state index >= 15 is 0 Å². The number of aryl methyl sites for hydroxylation is 2. The third kappa shape index (κ3) is 4.94. The average molecular weight is 471 g/mol. The minimum Gasteiger partial charge on any atom is -0.488 e. The zero-order chi connectivity index (χ0) is 21.0. The first-order valence-electron chi connectivity index (χ1n) is 8.74. The average Bonchev–Trinajstić information content (AvgIpc) is 3.04. The van der Waals surface area contributed by atoms with Crippen LogP contribution in [0.4, 0.5) is 0 Å². The zero-order valence-corrected chi connectivity index (χ0v) is 18.2. The highest BCUT2D eigenvalue weighted by Gasteiger charge is 2.16. The molecule has 0 saturated heterocycles. The molecule has 3 rings (SSSR count). The summed E-state index contributed by atoms with van der Waals surface area (Å²) >= 11 is 9.63. The van der Waals surface area contributed by atoms with Crippen molar-refractivity contribution >= 4 is 39.5 Å². The number of nitrogens with zero attached hydrogens (tertiary/aromatic N) is 3. The Bertz CT molecular complexity index is 1150. The zero-order valence-electron chi connectivity index (χ0n) is 15.8. The third-order valence-electron chi connectivity index (χ3n) is 4.16. The lowest BCUT2D eigenvalue weighted by Crippen LogP contribution is -2.15. The highest BCUT2D eigenvalue weighted by atomic mass is 79.9. The molecule has 1 heterocycles. The molecule has 0 aliphatic rings. The van der Waals surface area contributed by atoms with Crippen LogP contribution < -0.4 is 4.74 Å². The number of ether oxygens (including phenoxy) is 1. The van der Waals surface area contributed by atoms with Crippen molar-refractivity contribution in [2.75, 3.05) is 0 Å². The minimum atomic E-state index is -0.465. The second-order valence-electron chi connectivity index (χ2n) is 6.38. The molecule has 29 heavy (non-hydrogen) atoms. The topological polar surface area (TPSA) is 67.9 Å². The third-order valence-corrected chi connectivity index (χ3v) is 5.15. The maximum atomic E-state index is 12.6. The summed E-state index contributed by atoms with van der Waals surface area (Å²) in [6, 6.07) is 16.6. The molecule has 0 unspecified atom stereocenters. The molecule has 0 spiro atoms. The second kappa shape index (κ2) is 9.08. The molecule has 0 aliphatic carbocycles. The standard InChI is InChI=1S/C22H17BrClN3O2/c1-14-9-15(2)27(26-14)22(28)18(12-25)10-16-7-8-21(19(23)11-16)29-13-17-5-3-4-6-20(17)24/h3-11H,13H2,1-2H3/b18-10+. The van der Waals surface area contributed by atoms with Gasteiger partial charge in [-0.05, 0) is 65.7 Å². The van der Waals surface area contributed by atoms with E-state index in [0.29, 0.717) is 33.1 Å². The van der Waals surface area contributed by atoms with Crippen LogP contribution in [0.5, 0.6) is 5.75 Å². The molecule has 1 aromatic heterocycles. The summed E-state index contributed by atoms with van der Waals surface area (Å²) in [7, 11) is 0. The van der Waals surface area contributed by atoms with Crippen LogP contribution >= 0.6 is 27.5 Å². The van der Waals surface area contributed by atoms with Crippen LogP contribution in [0, 0.1) is 25.2 Å².